The Labute approximate surface area is 184 Å². The topological polar surface area (TPSA) is 91.3 Å². The van der Waals surface area contributed by atoms with Crippen LogP contribution in [0.5, 0.6) is 17.4 Å². The monoisotopic (exact) mass is 435 g/mol. The molecule has 4 rings (SSSR count). The highest BCUT2D eigenvalue weighted by Gasteiger charge is 2.16. The summed E-state index contributed by atoms with van der Waals surface area (Å²) in [7, 11) is 3.19. The molecule has 2 heterocycles. The van der Waals surface area contributed by atoms with Crippen LogP contribution in [-0.4, -0.2) is 40.8 Å². The minimum atomic E-state index is -0.284. The first kappa shape index (κ1) is 21.2. The second-order valence-corrected chi connectivity index (χ2v) is 6.76. The number of fused-ring (bicyclic) bond motifs is 1. The number of anilines is 1. The van der Waals surface area contributed by atoms with Gasteiger partial charge >= 0.3 is 0 Å². The van der Waals surface area contributed by atoms with Crippen molar-refractivity contribution in [3.05, 3.63) is 60.0 Å². The molecule has 32 heavy (non-hydrogen) atoms. The minimum absolute atomic E-state index is 0.284. The van der Waals surface area contributed by atoms with Gasteiger partial charge in [-0.05, 0) is 42.8 Å². The highest BCUT2D eigenvalue weighted by molar-refractivity contribution is 5.80. The summed E-state index contributed by atoms with van der Waals surface area (Å²) in [6.45, 7) is 2.68. The normalized spacial score (nSPS) is 10.8. The zero-order valence-electron chi connectivity index (χ0n) is 17.9. The molecule has 2 aromatic heterocycles. The van der Waals surface area contributed by atoms with Gasteiger partial charge < -0.3 is 19.5 Å². The molecule has 0 amide bonds. The van der Waals surface area contributed by atoms with Crippen LogP contribution >= 0.6 is 0 Å². The van der Waals surface area contributed by atoms with E-state index in [9.17, 15) is 4.39 Å². The summed E-state index contributed by atoms with van der Waals surface area (Å²) in [4.78, 5) is 18.1. The van der Waals surface area contributed by atoms with E-state index in [4.69, 9.17) is 19.2 Å². The van der Waals surface area contributed by atoms with Gasteiger partial charge in [-0.25, -0.2) is 14.4 Å². The largest absolute Gasteiger partial charge is 0.497 e. The summed E-state index contributed by atoms with van der Waals surface area (Å²) < 4.78 is 29.6. The number of aromatic nitrogens is 4. The number of ether oxygens (including phenoxy) is 3. The lowest BCUT2D eigenvalue weighted by molar-refractivity contribution is 0.330. The summed E-state index contributed by atoms with van der Waals surface area (Å²) in [6.07, 6.45) is 1.62. The molecular formula is C23H22FN5O3. The summed E-state index contributed by atoms with van der Waals surface area (Å²) in [6, 6.07) is 11.6. The highest BCUT2D eigenvalue weighted by Crippen LogP contribution is 2.33. The van der Waals surface area contributed by atoms with Crippen molar-refractivity contribution in [1.82, 2.24) is 19.9 Å². The molecule has 0 saturated heterocycles. The van der Waals surface area contributed by atoms with Crippen molar-refractivity contribution in [2.45, 2.75) is 13.5 Å². The molecule has 0 aliphatic rings. The van der Waals surface area contributed by atoms with E-state index in [2.05, 4.69) is 20.3 Å². The molecule has 0 unspecified atom stereocenters. The molecule has 0 fully saturated rings. The average molecular weight is 435 g/mol. The Kier molecular flexibility index (Phi) is 6.25. The maximum atomic E-state index is 13.1. The first-order valence-electron chi connectivity index (χ1n) is 9.99. The van der Waals surface area contributed by atoms with E-state index in [0.717, 1.165) is 11.1 Å². The molecule has 0 bridgehead atoms. The highest BCUT2D eigenvalue weighted by atomic mass is 19.1. The van der Waals surface area contributed by atoms with Gasteiger partial charge in [-0.15, -0.1) is 0 Å². The SMILES string of the molecule is CCOc1nc(NCc2ccc(F)cc2)nc2ncc(-c3cc(OC)ccc3OC)nc12. The number of hydrogen-bond acceptors (Lipinski definition) is 8. The fourth-order valence-electron chi connectivity index (χ4n) is 3.13. The van der Waals surface area contributed by atoms with Gasteiger partial charge in [-0.2, -0.15) is 9.97 Å². The summed E-state index contributed by atoms with van der Waals surface area (Å²) in [5.74, 6) is 1.68. The average Bonchev–Trinajstić information content (AvgIpc) is 2.83. The second-order valence-electron chi connectivity index (χ2n) is 6.76. The van der Waals surface area contributed by atoms with Gasteiger partial charge in [0.25, 0.3) is 0 Å². The van der Waals surface area contributed by atoms with Crippen molar-refractivity contribution in [1.29, 1.82) is 0 Å². The van der Waals surface area contributed by atoms with Crippen LogP contribution in [0.25, 0.3) is 22.4 Å². The molecule has 0 aliphatic heterocycles. The molecular weight excluding hydrogens is 413 g/mol. The molecule has 9 heteroatoms. The van der Waals surface area contributed by atoms with E-state index in [1.54, 1.807) is 32.5 Å². The first-order chi connectivity index (χ1) is 15.6. The van der Waals surface area contributed by atoms with E-state index in [1.165, 1.54) is 12.1 Å². The Morgan fingerprint density at radius 2 is 1.78 bits per heavy atom. The first-order valence-corrected chi connectivity index (χ1v) is 9.99. The van der Waals surface area contributed by atoms with E-state index in [-0.39, 0.29) is 5.82 Å². The number of halogens is 1. The Balaban J connectivity index is 1.71. The lowest BCUT2D eigenvalue weighted by atomic mass is 10.1. The molecule has 1 N–H and O–H groups in total. The van der Waals surface area contributed by atoms with Crippen molar-refractivity contribution in [2.24, 2.45) is 0 Å². The minimum Gasteiger partial charge on any atom is -0.497 e. The van der Waals surface area contributed by atoms with Crippen LogP contribution in [0.3, 0.4) is 0 Å². The quantitative estimate of drug-likeness (QED) is 0.439. The van der Waals surface area contributed by atoms with Crippen LogP contribution in [0, 0.1) is 5.82 Å². The Morgan fingerprint density at radius 1 is 0.969 bits per heavy atom. The summed E-state index contributed by atoms with van der Waals surface area (Å²) >= 11 is 0. The standard InChI is InChI=1S/C23H22FN5O3/c1-4-32-22-20-21(28-23(29-22)26-12-14-5-7-15(24)8-6-14)25-13-18(27-20)17-11-16(30-2)9-10-19(17)31-3/h5-11,13H,4,12H2,1-3H3,(H,25,26,28,29). The van der Waals surface area contributed by atoms with Crippen LogP contribution in [0.4, 0.5) is 10.3 Å². The fourth-order valence-corrected chi connectivity index (χ4v) is 3.13. The maximum absolute atomic E-state index is 13.1. The lowest BCUT2D eigenvalue weighted by Gasteiger charge is -2.12. The fraction of sp³-hybridized carbons (Fsp3) is 0.217. The molecule has 0 saturated carbocycles. The molecule has 2 aromatic carbocycles. The molecule has 0 atom stereocenters. The third-order valence-corrected chi connectivity index (χ3v) is 4.70. The Bertz CT molecular complexity index is 1230. The number of rotatable bonds is 8. The van der Waals surface area contributed by atoms with E-state index < -0.39 is 0 Å². The van der Waals surface area contributed by atoms with Gasteiger partial charge in [0.1, 0.15) is 17.3 Å². The van der Waals surface area contributed by atoms with Gasteiger partial charge in [-0.1, -0.05) is 12.1 Å². The van der Waals surface area contributed by atoms with Gasteiger partial charge in [0.15, 0.2) is 11.2 Å². The Morgan fingerprint density at radius 3 is 2.50 bits per heavy atom. The third-order valence-electron chi connectivity index (χ3n) is 4.70. The van der Waals surface area contributed by atoms with Crippen molar-refractivity contribution in [2.75, 3.05) is 26.1 Å². The van der Waals surface area contributed by atoms with Gasteiger partial charge in [0.05, 0.1) is 32.7 Å². The van der Waals surface area contributed by atoms with E-state index >= 15 is 0 Å². The summed E-state index contributed by atoms with van der Waals surface area (Å²) in [5, 5.41) is 3.12. The molecule has 0 aliphatic carbocycles. The van der Waals surface area contributed by atoms with Crippen LogP contribution in [0.15, 0.2) is 48.7 Å². The van der Waals surface area contributed by atoms with Crippen LogP contribution < -0.4 is 19.5 Å². The molecule has 0 radical (unpaired) electrons. The van der Waals surface area contributed by atoms with Crippen molar-refractivity contribution in [3.63, 3.8) is 0 Å². The van der Waals surface area contributed by atoms with Gasteiger partial charge in [0, 0.05) is 12.1 Å². The molecule has 0 spiro atoms. The van der Waals surface area contributed by atoms with E-state index in [0.29, 0.717) is 53.3 Å². The zero-order valence-corrected chi connectivity index (χ0v) is 17.9. The van der Waals surface area contributed by atoms with E-state index in [1.807, 2.05) is 25.1 Å². The van der Waals surface area contributed by atoms with Crippen molar-refractivity contribution >= 4 is 17.1 Å². The Hall–Kier alpha value is -4.01. The predicted molar refractivity (Wildman–Crippen MR) is 119 cm³/mol. The smallest absolute Gasteiger partial charge is 0.247 e. The van der Waals surface area contributed by atoms with Crippen LogP contribution in [-0.2, 0) is 6.54 Å². The molecule has 8 nitrogen and oxygen atoms in total. The van der Waals surface area contributed by atoms with Crippen molar-refractivity contribution < 1.29 is 18.6 Å². The number of hydrogen-bond donors (Lipinski definition) is 1. The number of benzene rings is 2. The van der Waals surface area contributed by atoms with Gasteiger partial charge in [0.2, 0.25) is 11.8 Å². The molecule has 4 aromatic rings. The predicted octanol–water partition coefficient (Wildman–Crippen LogP) is 4.25. The van der Waals surface area contributed by atoms with Gasteiger partial charge in [-0.3, -0.25) is 0 Å². The summed E-state index contributed by atoms with van der Waals surface area (Å²) in [5.41, 5.74) is 3.00. The lowest BCUT2D eigenvalue weighted by Crippen LogP contribution is -2.07. The molecule has 164 valence electrons. The third kappa shape index (κ3) is 4.51. The number of methoxy groups -OCH3 is 2. The maximum Gasteiger partial charge on any atom is 0.247 e. The zero-order chi connectivity index (χ0) is 22.5. The number of nitrogens with one attached hydrogen (secondary N) is 1. The van der Waals surface area contributed by atoms with Crippen LogP contribution in [0.2, 0.25) is 0 Å². The van der Waals surface area contributed by atoms with Crippen molar-refractivity contribution in [3.8, 4) is 28.6 Å². The second kappa shape index (κ2) is 9.42. The number of nitrogens with zero attached hydrogens (tertiary/aromatic N) is 4. The van der Waals surface area contributed by atoms with Crippen LogP contribution in [0.1, 0.15) is 12.5 Å².